The fourth-order valence-electron chi connectivity index (χ4n) is 2.49. The van der Waals surface area contributed by atoms with E-state index in [-0.39, 0.29) is 11.7 Å². The molecule has 1 aliphatic carbocycles. The van der Waals surface area contributed by atoms with Crippen molar-refractivity contribution in [1.82, 2.24) is 0 Å². The molecule has 21 heavy (non-hydrogen) atoms. The van der Waals surface area contributed by atoms with Crippen molar-refractivity contribution in [2.24, 2.45) is 0 Å². The number of benzene rings is 1. The van der Waals surface area contributed by atoms with Gasteiger partial charge >= 0.3 is 5.97 Å². The normalized spacial score (nSPS) is 16.8. The Kier molecular flexibility index (Phi) is 3.59. The van der Waals surface area contributed by atoms with Gasteiger partial charge in [0, 0.05) is 10.9 Å². The number of carboxylic acids is 1. The summed E-state index contributed by atoms with van der Waals surface area (Å²) in [6.45, 7) is 0. The van der Waals surface area contributed by atoms with Crippen LogP contribution in [0, 0.1) is 11.6 Å². The number of aromatic carboxylic acids is 1. The Labute approximate surface area is 128 Å². The van der Waals surface area contributed by atoms with E-state index >= 15 is 0 Å². The lowest BCUT2D eigenvalue weighted by Crippen LogP contribution is -2.10. The number of thiophene rings is 1. The third-order valence-corrected chi connectivity index (χ3v) is 4.80. The van der Waals surface area contributed by atoms with Crippen molar-refractivity contribution in [3.8, 4) is 0 Å². The number of nitrogens with one attached hydrogen (secondary N) is 1. The number of hydrogen-bond donors (Lipinski definition) is 2. The number of rotatable bonds is 3. The van der Waals surface area contributed by atoms with E-state index in [0.717, 1.165) is 29.3 Å². The van der Waals surface area contributed by atoms with Crippen LogP contribution in [0.25, 0.3) is 0 Å². The zero-order valence-corrected chi connectivity index (χ0v) is 12.2. The van der Waals surface area contributed by atoms with Crippen LogP contribution >= 0.6 is 22.9 Å². The number of carboxylic acid groups (broad SMARTS) is 1. The molecule has 0 radical (unpaired) electrons. The number of anilines is 1. The number of aryl methyl sites for hydroxylation is 1. The summed E-state index contributed by atoms with van der Waals surface area (Å²) in [4.78, 5) is 12.1. The highest BCUT2D eigenvalue weighted by Gasteiger charge is 2.26. The maximum atomic E-state index is 13.8. The lowest BCUT2D eigenvalue weighted by atomic mass is 10.1. The van der Waals surface area contributed by atoms with Gasteiger partial charge in [-0.05, 0) is 30.5 Å². The van der Waals surface area contributed by atoms with Crippen molar-refractivity contribution in [3.63, 3.8) is 0 Å². The van der Waals surface area contributed by atoms with Gasteiger partial charge in [-0.15, -0.1) is 11.3 Å². The molecule has 0 saturated carbocycles. The molecule has 1 heterocycles. The first kappa shape index (κ1) is 14.3. The highest BCUT2D eigenvalue weighted by Crippen LogP contribution is 2.41. The summed E-state index contributed by atoms with van der Waals surface area (Å²) >= 11 is 7.44. The zero-order valence-electron chi connectivity index (χ0n) is 10.6. The first-order valence-corrected chi connectivity index (χ1v) is 7.42. The number of halogens is 3. The minimum absolute atomic E-state index is 0.0195. The molecule has 0 aliphatic heterocycles. The van der Waals surface area contributed by atoms with Crippen LogP contribution in [0.4, 0.5) is 14.5 Å². The van der Waals surface area contributed by atoms with Gasteiger partial charge in [0.15, 0.2) is 0 Å². The number of carbonyl (C=O) groups is 1. The quantitative estimate of drug-likeness (QED) is 0.873. The topological polar surface area (TPSA) is 49.3 Å². The van der Waals surface area contributed by atoms with E-state index < -0.39 is 23.2 Å². The van der Waals surface area contributed by atoms with Crippen molar-refractivity contribution in [3.05, 3.63) is 50.2 Å². The maximum Gasteiger partial charge on any atom is 0.338 e. The summed E-state index contributed by atoms with van der Waals surface area (Å²) in [6, 6.07) is 3.25. The van der Waals surface area contributed by atoms with E-state index in [4.69, 9.17) is 16.7 Å². The van der Waals surface area contributed by atoms with E-state index in [9.17, 15) is 13.6 Å². The second kappa shape index (κ2) is 5.27. The molecule has 2 N–H and O–H groups in total. The number of fused-ring (bicyclic) bond motifs is 1. The summed E-state index contributed by atoms with van der Waals surface area (Å²) in [5.41, 5.74) is 0.417. The third-order valence-electron chi connectivity index (χ3n) is 3.46. The lowest BCUT2D eigenvalue weighted by molar-refractivity contribution is 0.0692. The molecule has 0 saturated heterocycles. The van der Waals surface area contributed by atoms with Crippen molar-refractivity contribution in [2.45, 2.75) is 18.9 Å². The summed E-state index contributed by atoms with van der Waals surface area (Å²) in [5.74, 6) is -3.33. The fraction of sp³-hybridized carbons (Fsp3) is 0.214. The van der Waals surface area contributed by atoms with Gasteiger partial charge in [0.2, 0.25) is 0 Å². The third kappa shape index (κ3) is 2.61. The molecule has 1 unspecified atom stereocenters. The molecule has 0 fully saturated rings. The minimum atomic E-state index is -1.43. The molecule has 110 valence electrons. The first-order valence-electron chi connectivity index (χ1n) is 6.22. The van der Waals surface area contributed by atoms with Crippen LogP contribution in [0.1, 0.15) is 33.3 Å². The van der Waals surface area contributed by atoms with Crippen LogP contribution in [0.2, 0.25) is 4.34 Å². The predicted molar refractivity (Wildman–Crippen MR) is 77.3 cm³/mol. The SMILES string of the molecule is O=C(O)c1cc(NC2CCc3sc(Cl)cc32)c(F)cc1F. The molecule has 1 atom stereocenters. The molecule has 1 aromatic heterocycles. The van der Waals surface area contributed by atoms with Gasteiger partial charge in [-0.25, -0.2) is 13.6 Å². The van der Waals surface area contributed by atoms with Gasteiger partial charge in [-0.1, -0.05) is 11.6 Å². The standard InChI is InChI=1S/C14H10ClF2NO2S/c15-13-4-7-10(1-2-12(7)21-13)18-11-3-6(14(19)20)8(16)5-9(11)17/h3-5,10,18H,1-2H2,(H,19,20). The molecule has 0 bridgehead atoms. The van der Waals surface area contributed by atoms with Crippen LogP contribution < -0.4 is 5.32 Å². The van der Waals surface area contributed by atoms with E-state index in [0.29, 0.717) is 10.4 Å². The Bertz CT molecular complexity index is 732. The predicted octanol–water partition coefficient (Wildman–Crippen LogP) is 4.48. The monoisotopic (exact) mass is 329 g/mol. The largest absolute Gasteiger partial charge is 0.478 e. The van der Waals surface area contributed by atoms with Gasteiger partial charge in [-0.3, -0.25) is 0 Å². The molecule has 1 aromatic carbocycles. The maximum absolute atomic E-state index is 13.8. The molecular weight excluding hydrogens is 320 g/mol. The van der Waals surface area contributed by atoms with Crippen molar-refractivity contribution in [2.75, 3.05) is 5.32 Å². The average Bonchev–Trinajstić information content (AvgIpc) is 2.92. The molecule has 0 amide bonds. The molecule has 3 nitrogen and oxygen atoms in total. The molecule has 7 heteroatoms. The van der Waals surface area contributed by atoms with Crippen molar-refractivity contribution >= 4 is 34.6 Å². The van der Waals surface area contributed by atoms with Gasteiger partial charge < -0.3 is 10.4 Å². The van der Waals surface area contributed by atoms with Crippen molar-refractivity contribution < 1.29 is 18.7 Å². The van der Waals surface area contributed by atoms with Gasteiger partial charge in [0.1, 0.15) is 11.6 Å². The fourth-order valence-corrected chi connectivity index (χ4v) is 3.85. The first-order chi connectivity index (χ1) is 9.95. The van der Waals surface area contributed by atoms with E-state index in [1.807, 2.05) is 6.07 Å². The summed E-state index contributed by atoms with van der Waals surface area (Å²) in [6.07, 6.45) is 1.59. The minimum Gasteiger partial charge on any atom is -0.478 e. The Morgan fingerprint density at radius 1 is 1.33 bits per heavy atom. The van der Waals surface area contributed by atoms with Crippen LogP contribution in [0.5, 0.6) is 0 Å². The van der Waals surface area contributed by atoms with Gasteiger partial charge in [0.05, 0.1) is 21.6 Å². The Balaban J connectivity index is 1.92. The van der Waals surface area contributed by atoms with Crippen molar-refractivity contribution in [1.29, 1.82) is 0 Å². The molecule has 1 aliphatic rings. The van der Waals surface area contributed by atoms with Gasteiger partial charge in [-0.2, -0.15) is 0 Å². The highest BCUT2D eigenvalue weighted by molar-refractivity contribution is 7.16. The van der Waals surface area contributed by atoms with Crippen LogP contribution in [0.15, 0.2) is 18.2 Å². The zero-order chi connectivity index (χ0) is 15.1. The molecular formula is C14H10ClF2NO2S. The molecule has 0 spiro atoms. The van der Waals surface area contributed by atoms with E-state index in [1.54, 1.807) is 0 Å². The molecule has 3 rings (SSSR count). The average molecular weight is 330 g/mol. The second-order valence-corrected chi connectivity index (χ2v) is 6.55. The summed E-state index contributed by atoms with van der Waals surface area (Å²) < 4.78 is 27.8. The molecule has 2 aromatic rings. The highest BCUT2D eigenvalue weighted by atomic mass is 35.5. The van der Waals surface area contributed by atoms with Crippen LogP contribution in [-0.4, -0.2) is 11.1 Å². The van der Waals surface area contributed by atoms with Crippen LogP contribution in [0.3, 0.4) is 0 Å². The summed E-state index contributed by atoms with van der Waals surface area (Å²) in [7, 11) is 0. The second-order valence-electron chi connectivity index (χ2n) is 4.78. The Morgan fingerprint density at radius 3 is 2.81 bits per heavy atom. The van der Waals surface area contributed by atoms with Crippen LogP contribution in [-0.2, 0) is 6.42 Å². The Hall–Kier alpha value is -1.66. The smallest absolute Gasteiger partial charge is 0.338 e. The van der Waals surface area contributed by atoms with E-state index in [2.05, 4.69) is 5.32 Å². The summed E-state index contributed by atoms with van der Waals surface area (Å²) in [5, 5.41) is 11.8. The number of hydrogen-bond acceptors (Lipinski definition) is 3. The lowest BCUT2D eigenvalue weighted by Gasteiger charge is -2.16. The van der Waals surface area contributed by atoms with E-state index in [1.165, 1.54) is 11.3 Å². The van der Waals surface area contributed by atoms with Gasteiger partial charge in [0.25, 0.3) is 0 Å². The Morgan fingerprint density at radius 2 is 2.10 bits per heavy atom.